The van der Waals surface area contributed by atoms with E-state index in [1.807, 2.05) is 55.5 Å². The molecule has 1 saturated heterocycles. The minimum absolute atomic E-state index is 0.221. The van der Waals surface area contributed by atoms with E-state index >= 15 is 0 Å². The van der Waals surface area contributed by atoms with Crippen LogP contribution in [0.1, 0.15) is 24.0 Å². The number of nitrogens with one attached hydrogen (secondary N) is 2. The van der Waals surface area contributed by atoms with Crippen LogP contribution in [0.4, 0.5) is 11.5 Å². The van der Waals surface area contributed by atoms with Crippen molar-refractivity contribution >= 4 is 34.1 Å². The highest BCUT2D eigenvalue weighted by molar-refractivity contribution is 6.36. The van der Waals surface area contributed by atoms with Gasteiger partial charge in [-0.2, -0.15) is 0 Å². The average molecular weight is 628 g/mol. The summed E-state index contributed by atoms with van der Waals surface area (Å²) in [4.78, 5) is 38.9. The number of methoxy groups -OCH3 is 1. The fourth-order valence-electron chi connectivity index (χ4n) is 5.71. The first kappa shape index (κ1) is 30.4. The number of aryl methyl sites for hydroxylation is 1. The van der Waals surface area contributed by atoms with Crippen LogP contribution in [0.25, 0.3) is 33.4 Å². The second-order valence-corrected chi connectivity index (χ2v) is 11.4. The zero-order valence-electron chi connectivity index (χ0n) is 25.6. The van der Waals surface area contributed by atoms with Crippen molar-refractivity contribution in [2.75, 3.05) is 25.6 Å². The van der Waals surface area contributed by atoms with E-state index in [9.17, 15) is 9.59 Å². The molecule has 0 atom stereocenters. The van der Waals surface area contributed by atoms with Gasteiger partial charge in [0, 0.05) is 62.3 Å². The molecule has 1 aliphatic heterocycles. The van der Waals surface area contributed by atoms with Crippen molar-refractivity contribution in [2.45, 2.75) is 32.4 Å². The molecule has 1 aliphatic rings. The number of hydrogen-bond acceptors (Lipinski definition) is 9. The Morgan fingerprint density at radius 3 is 2.49 bits per heavy atom. The number of rotatable bonds is 8. The number of fused-ring (bicyclic) bond motifs is 1. The summed E-state index contributed by atoms with van der Waals surface area (Å²) in [5, 5.41) is 7.66. The molecule has 2 N–H and O–H groups in total. The number of anilines is 2. The van der Waals surface area contributed by atoms with Crippen LogP contribution in [0, 0.1) is 6.92 Å². The van der Waals surface area contributed by atoms with E-state index < -0.39 is 11.2 Å². The highest BCUT2D eigenvalue weighted by Crippen LogP contribution is 2.39. The third kappa shape index (κ3) is 5.82. The first-order chi connectivity index (χ1) is 21.8. The smallest absolute Gasteiger partial charge is 0.332 e. The van der Waals surface area contributed by atoms with Crippen LogP contribution in [0.2, 0.25) is 5.02 Å². The largest absolute Gasteiger partial charge is 0.481 e. The van der Waals surface area contributed by atoms with Gasteiger partial charge < -0.3 is 20.1 Å². The molecule has 0 bridgehead atoms. The molecule has 12 heteroatoms. The first-order valence-electron chi connectivity index (χ1n) is 14.7. The molecule has 0 saturated carbocycles. The summed E-state index contributed by atoms with van der Waals surface area (Å²) in [6, 6.07) is 16.1. The first-order valence-corrected chi connectivity index (χ1v) is 15.1. The van der Waals surface area contributed by atoms with Crippen molar-refractivity contribution in [1.82, 2.24) is 29.4 Å². The molecule has 3 aromatic heterocycles. The summed E-state index contributed by atoms with van der Waals surface area (Å²) in [7, 11) is 4.63. The zero-order chi connectivity index (χ0) is 31.7. The number of halogens is 1. The highest BCUT2D eigenvalue weighted by atomic mass is 35.5. The van der Waals surface area contributed by atoms with Crippen molar-refractivity contribution in [3.63, 3.8) is 0 Å². The van der Waals surface area contributed by atoms with E-state index in [1.165, 1.54) is 17.9 Å². The molecule has 6 rings (SSSR count). The molecular formula is C33H34ClN7O4. The summed E-state index contributed by atoms with van der Waals surface area (Å²) in [5.41, 5.74) is 5.11. The maximum Gasteiger partial charge on any atom is 0.332 e. The molecule has 5 aromatic rings. The van der Waals surface area contributed by atoms with Gasteiger partial charge in [-0.25, -0.2) is 19.7 Å². The Morgan fingerprint density at radius 2 is 1.71 bits per heavy atom. The Kier molecular flexibility index (Phi) is 8.66. The van der Waals surface area contributed by atoms with Crippen LogP contribution in [-0.2, 0) is 25.4 Å². The van der Waals surface area contributed by atoms with E-state index in [0.29, 0.717) is 35.0 Å². The minimum Gasteiger partial charge on any atom is -0.481 e. The molecule has 0 amide bonds. The average Bonchev–Trinajstić information content (AvgIpc) is 3.07. The molecule has 1 fully saturated rings. The Balaban J connectivity index is 1.33. The van der Waals surface area contributed by atoms with Crippen LogP contribution >= 0.6 is 11.6 Å². The molecule has 0 unspecified atom stereocenters. The lowest BCUT2D eigenvalue weighted by Crippen LogP contribution is -2.37. The Bertz CT molecular complexity index is 2020. The number of pyridine rings is 1. The summed E-state index contributed by atoms with van der Waals surface area (Å²) < 4.78 is 13.5. The number of hydrogen-bond donors (Lipinski definition) is 2. The van der Waals surface area contributed by atoms with Gasteiger partial charge >= 0.3 is 5.69 Å². The molecule has 0 spiro atoms. The molecule has 11 nitrogen and oxygen atoms in total. The van der Waals surface area contributed by atoms with E-state index in [-0.39, 0.29) is 11.0 Å². The van der Waals surface area contributed by atoms with Crippen LogP contribution in [0.15, 0.2) is 64.4 Å². The van der Waals surface area contributed by atoms with E-state index in [1.54, 1.807) is 14.2 Å². The third-order valence-electron chi connectivity index (χ3n) is 8.32. The van der Waals surface area contributed by atoms with Gasteiger partial charge in [0.2, 0.25) is 5.88 Å². The van der Waals surface area contributed by atoms with Crippen LogP contribution < -0.4 is 26.6 Å². The fraction of sp³-hybridized carbons (Fsp3) is 0.303. The Hall–Kier alpha value is -4.58. The molecule has 232 valence electrons. The lowest BCUT2D eigenvalue weighted by molar-refractivity contribution is 0.0775. The van der Waals surface area contributed by atoms with Crippen molar-refractivity contribution in [3.8, 4) is 28.3 Å². The van der Waals surface area contributed by atoms with Crippen molar-refractivity contribution in [1.29, 1.82) is 0 Å². The van der Waals surface area contributed by atoms with Crippen LogP contribution in [-0.4, -0.2) is 50.5 Å². The van der Waals surface area contributed by atoms with E-state index in [4.69, 9.17) is 26.1 Å². The van der Waals surface area contributed by atoms with Gasteiger partial charge in [0.1, 0.15) is 17.5 Å². The molecular weight excluding hydrogens is 594 g/mol. The van der Waals surface area contributed by atoms with Crippen LogP contribution in [0.5, 0.6) is 5.88 Å². The summed E-state index contributed by atoms with van der Waals surface area (Å²) >= 11 is 7.09. The minimum atomic E-state index is -0.478. The number of benzene rings is 2. The van der Waals surface area contributed by atoms with Gasteiger partial charge in [0.15, 0.2) is 5.65 Å². The van der Waals surface area contributed by atoms with E-state index in [0.717, 1.165) is 64.1 Å². The van der Waals surface area contributed by atoms with Crippen LogP contribution in [0.3, 0.4) is 0 Å². The van der Waals surface area contributed by atoms with Gasteiger partial charge in [-0.1, -0.05) is 48.0 Å². The molecule has 0 radical (unpaired) electrons. The number of ether oxygens (including phenoxy) is 2. The van der Waals surface area contributed by atoms with Crippen molar-refractivity contribution in [3.05, 3.63) is 91.8 Å². The zero-order valence-corrected chi connectivity index (χ0v) is 26.3. The normalized spacial score (nSPS) is 13.7. The van der Waals surface area contributed by atoms with Gasteiger partial charge in [0.05, 0.1) is 17.8 Å². The highest BCUT2D eigenvalue weighted by Gasteiger charge is 2.19. The Morgan fingerprint density at radius 1 is 0.978 bits per heavy atom. The third-order valence-corrected chi connectivity index (χ3v) is 8.73. The summed E-state index contributed by atoms with van der Waals surface area (Å²) in [6.45, 7) is 4.18. The van der Waals surface area contributed by atoms with Gasteiger partial charge in [0.25, 0.3) is 5.56 Å². The maximum absolute atomic E-state index is 13.1. The fourth-order valence-corrected chi connectivity index (χ4v) is 6.03. The molecule has 0 aliphatic carbocycles. The van der Waals surface area contributed by atoms with Crippen molar-refractivity contribution in [2.24, 2.45) is 14.1 Å². The second-order valence-electron chi connectivity index (χ2n) is 11.0. The lowest BCUT2D eigenvalue weighted by atomic mass is 9.96. The van der Waals surface area contributed by atoms with Gasteiger partial charge in [-0.3, -0.25) is 13.9 Å². The quantitative estimate of drug-likeness (QED) is 0.251. The predicted molar refractivity (Wildman–Crippen MR) is 175 cm³/mol. The van der Waals surface area contributed by atoms with Gasteiger partial charge in [-0.15, -0.1) is 0 Å². The standard InChI is InChI=1S/C33H34ClN7O4/c1-19-22(7-6-10-25(19)38-29-27-30(37-18-36-29)40(2)33(43)41(3)32(27)42)23-8-5-9-24(28(23)34)26-12-11-20(31(39-26)44-4)17-35-21-13-15-45-16-14-21/h5-12,18,21,35H,13-17H2,1-4H3,(H,36,37,38). The SMILES string of the molecule is COc1nc(-c2cccc(-c3cccc(Nc4ncnc5c4c(=O)n(C)c(=O)n5C)c3C)c2Cl)ccc1CNC1CCOCC1. The monoisotopic (exact) mass is 627 g/mol. The van der Waals surface area contributed by atoms with Crippen molar-refractivity contribution < 1.29 is 9.47 Å². The molecule has 45 heavy (non-hydrogen) atoms. The second kappa shape index (κ2) is 12.8. The van der Waals surface area contributed by atoms with Gasteiger partial charge in [-0.05, 0) is 43.0 Å². The maximum atomic E-state index is 13.1. The lowest BCUT2D eigenvalue weighted by Gasteiger charge is -2.23. The summed E-state index contributed by atoms with van der Waals surface area (Å²) in [6.07, 6.45) is 3.31. The number of nitrogens with zero attached hydrogens (tertiary/aromatic N) is 5. The molecule has 2 aromatic carbocycles. The van der Waals surface area contributed by atoms with E-state index in [2.05, 4.69) is 20.6 Å². The predicted octanol–water partition coefficient (Wildman–Crippen LogP) is 4.74. The molecule has 4 heterocycles. The Labute approximate surface area is 264 Å². The number of aromatic nitrogens is 5. The summed E-state index contributed by atoms with van der Waals surface area (Å²) in [5.74, 6) is 0.857. The topological polar surface area (TPSA) is 125 Å².